The summed E-state index contributed by atoms with van der Waals surface area (Å²) in [7, 11) is 0. The van der Waals surface area contributed by atoms with Crippen LogP contribution in [0.3, 0.4) is 0 Å². The number of ether oxygens (including phenoxy) is 1. The Bertz CT molecular complexity index is 3580. The maximum atomic E-state index is 7.09. The van der Waals surface area contributed by atoms with Crippen LogP contribution >= 0.6 is 0 Å². The van der Waals surface area contributed by atoms with Crippen LogP contribution in [-0.4, -0.2) is 16.2 Å². The molecule has 5 heteroatoms. The van der Waals surface area contributed by atoms with E-state index in [2.05, 4.69) is 284 Å². The number of hydrogen-bond acceptors (Lipinski definition) is 4. The second-order valence-electron chi connectivity index (χ2n) is 23.1. The van der Waals surface area contributed by atoms with Crippen LogP contribution in [0.15, 0.2) is 206 Å². The highest BCUT2D eigenvalue weighted by atomic mass is 16.5. The number of anilines is 4. The van der Waals surface area contributed by atoms with Crippen molar-refractivity contribution in [2.45, 2.75) is 90.9 Å². The second-order valence-corrected chi connectivity index (χ2v) is 23.1. The molecule has 10 aromatic rings. The van der Waals surface area contributed by atoms with Gasteiger partial charge in [-0.05, 0) is 122 Å². The molecule has 3 heterocycles. The third-order valence-electron chi connectivity index (χ3n) is 15.4. The normalized spacial score (nSPS) is 13.2. The van der Waals surface area contributed by atoms with Crippen molar-refractivity contribution in [1.82, 2.24) is 9.55 Å². The first-order valence-electron chi connectivity index (χ1n) is 25.8. The van der Waals surface area contributed by atoms with Crippen molar-refractivity contribution in [1.29, 1.82) is 0 Å². The third kappa shape index (κ3) is 8.86. The Kier molecular flexibility index (Phi) is 11.7. The van der Waals surface area contributed by atoms with Gasteiger partial charge in [0, 0.05) is 51.3 Å². The van der Waals surface area contributed by atoms with Crippen LogP contribution in [0.5, 0.6) is 11.5 Å². The van der Waals surface area contributed by atoms with Crippen LogP contribution in [-0.2, 0) is 21.7 Å². The van der Waals surface area contributed by atoms with E-state index in [0.717, 1.165) is 61.9 Å². The summed E-state index contributed by atoms with van der Waals surface area (Å²) in [6, 6.07) is 73.1. The van der Waals surface area contributed by atoms with E-state index >= 15 is 0 Å². The molecule has 0 unspecified atom stereocenters. The van der Waals surface area contributed by atoms with Crippen molar-refractivity contribution < 1.29 is 4.74 Å². The Morgan fingerprint density at radius 2 is 0.945 bits per heavy atom. The molecule has 0 aliphatic carbocycles. The summed E-state index contributed by atoms with van der Waals surface area (Å²) in [4.78, 5) is 9.95. The quantitative estimate of drug-likeness (QED) is 0.137. The molecular weight excluding hydrogens is 889 g/mol. The van der Waals surface area contributed by atoms with Gasteiger partial charge in [-0.25, -0.2) is 4.98 Å². The number of hydrogen-bond donors (Lipinski definition) is 0. The van der Waals surface area contributed by atoms with E-state index in [4.69, 9.17) is 9.72 Å². The van der Waals surface area contributed by atoms with Gasteiger partial charge in [0.15, 0.2) is 0 Å². The van der Waals surface area contributed by atoms with Gasteiger partial charge in [-0.15, -0.1) is 0 Å². The Hall–Kier alpha value is -7.89. The van der Waals surface area contributed by atoms with E-state index < -0.39 is 0 Å². The summed E-state index contributed by atoms with van der Waals surface area (Å²) in [5.74, 6) is 2.40. The summed E-state index contributed by atoms with van der Waals surface area (Å²) >= 11 is 0. The lowest BCUT2D eigenvalue weighted by atomic mass is 9.73. The summed E-state index contributed by atoms with van der Waals surface area (Å²) in [5.41, 5.74) is 15.9. The molecule has 0 saturated heterocycles. The molecule has 8 aromatic carbocycles. The van der Waals surface area contributed by atoms with Gasteiger partial charge in [0.2, 0.25) is 0 Å². The van der Waals surface area contributed by atoms with E-state index in [1.165, 1.54) is 44.5 Å². The Morgan fingerprint density at radius 1 is 0.384 bits per heavy atom. The van der Waals surface area contributed by atoms with E-state index in [1.807, 2.05) is 6.20 Å². The zero-order valence-corrected chi connectivity index (χ0v) is 44.0. The molecule has 1 aliphatic heterocycles. The number of para-hydroxylation sites is 1. The molecule has 11 rings (SSSR count). The molecule has 0 fully saturated rings. The van der Waals surface area contributed by atoms with Gasteiger partial charge in [0.05, 0.1) is 22.4 Å². The Balaban J connectivity index is 1.06. The SMILES string of the molecule is CC(C)(C)c1ccnc(-n2c3ccccc3c3ccc(Oc4cc(-c5ccccc5)cc(N5CN(c6cc(C(C)(C)c7ccccc7)cc(C(C)(C)c7ccccc7)c6)c6cc(C(C)(C)C)ccc65)c4)cc32)c1. The maximum Gasteiger partial charge on any atom is 0.137 e. The molecule has 73 heavy (non-hydrogen) atoms. The first kappa shape index (κ1) is 47.4. The van der Waals surface area contributed by atoms with Gasteiger partial charge in [0.1, 0.15) is 24.0 Å². The second kappa shape index (κ2) is 18.0. The molecule has 5 nitrogen and oxygen atoms in total. The van der Waals surface area contributed by atoms with Crippen LogP contribution in [0, 0.1) is 0 Å². The molecule has 0 saturated carbocycles. The van der Waals surface area contributed by atoms with E-state index in [-0.39, 0.29) is 21.7 Å². The van der Waals surface area contributed by atoms with Crippen molar-refractivity contribution in [3.8, 4) is 28.4 Å². The van der Waals surface area contributed by atoms with Gasteiger partial charge in [-0.1, -0.05) is 191 Å². The molecule has 0 spiro atoms. The highest BCUT2D eigenvalue weighted by Gasteiger charge is 2.34. The highest BCUT2D eigenvalue weighted by Crippen LogP contribution is 2.50. The largest absolute Gasteiger partial charge is 0.457 e. The van der Waals surface area contributed by atoms with Crippen LogP contribution in [0.1, 0.15) is 103 Å². The first-order chi connectivity index (χ1) is 34.9. The Labute approximate surface area is 432 Å². The monoisotopic (exact) mass is 955 g/mol. The standard InChI is InChI=1S/C68H66N4O/c1-65(2,3)50-30-33-61-63(41-50)71(55-39-52(67(7,8)48-24-16-12-17-25-48)38-53(40-55)68(9,10)49-26-18-13-19-27-49)45-70(61)54-36-47(46-22-14-11-15-23-46)37-57(43-54)73-56-31-32-59-58-28-20-21-29-60(58)72(62(59)44-56)64-42-51(34-35-69-64)66(4,5)6/h11-44H,45H2,1-10H3. The molecule has 364 valence electrons. The number of rotatable bonds is 10. The van der Waals surface area contributed by atoms with Crippen LogP contribution in [0.4, 0.5) is 22.7 Å². The number of nitrogens with zero attached hydrogens (tertiary/aromatic N) is 4. The van der Waals surface area contributed by atoms with Crippen LogP contribution < -0.4 is 14.5 Å². The molecule has 1 aliphatic rings. The fourth-order valence-corrected chi connectivity index (χ4v) is 10.7. The zero-order valence-electron chi connectivity index (χ0n) is 44.0. The molecule has 0 atom stereocenters. The van der Waals surface area contributed by atoms with E-state index in [0.29, 0.717) is 6.67 Å². The average Bonchev–Trinajstić information content (AvgIpc) is 3.94. The molecule has 0 radical (unpaired) electrons. The molecule has 0 N–H and O–H groups in total. The van der Waals surface area contributed by atoms with Gasteiger partial charge in [-0.3, -0.25) is 4.57 Å². The fraction of sp³-hybridized carbons (Fsp3) is 0.221. The smallest absolute Gasteiger partial charge is 0.137 e. The van der Waals surface area contributed by atoms with Crippen molar-refractivity contribution in [3.63, 3.8) is 0 Å². The van der Waals surface area contributed by atoms with Crippen LogP contribution in [0.2, 0.25) is 0 Å². The predicted octanol–water partition coefficient (Wildman–Crippen LogP) is 18.1. The fourth-order valence-electron chi connectivity index (χ4n) is 10.7. The molecular formula is C68H66N4O. The van der Waals surface area contributed by atoms with Crippen molar-refractivity contribution in [2.24, 2.45) is 0 Å². The number of fused-ring (bicyclic) bond motifs is 4. The molecule has 2 aromatic heterocycles. The van der Waals surface area contributed by atoms with Crippen molar-refractivity contribution in [2.75, 3.05) is 16.5 Å². The summed E-state index contributed by atoms with van der Waals surface area (Å²) < 4.78 is 9.37. The summed E-state index contributed by atoms with van der Waals surface area (Å²) in [6.45, 7) is 23.7. The minimum absolute atomic E-state index is 0.0283. The lowest BCUT2D eigenvalue weighted by molar-refractivity contribution is 0.483. The predicted molar refractivity (Wildman–Crippen MR) is 307 cm³/mol. The van der Waals surface area contributed by atoms with Crippen LogP contribution in [0.25, 0.3) is 38.8 Å². The van der Waals surface area contributed by atoms with Crippen molar-refractivity contribution >= 4 is 44.6 Å². The highest BCUT2D eigenvalue weighted by molar-refractivity contribution is 6.09. The third-order valence-corrected chi connectivity index (χ3v) is 15.4. The lowest BCUT2D eigenvalue weighted by Crippen LogP contribution is -2.27. The van der Waals surface area contributed by atoms with Gasteiger partial charge < -0.3 is 14.5 Å². The van der Waals surface area contributed by atoms with E-state index in [9.17, 15) is 0 Å². The Morgan fingerprint density at radius 3 is 1.59 bits per heavy atom. The minimum Gasteiger partial charge on any atom is -0.457 e. The number of benzene rings is 8. The number of aromatic nitrogens is 2. The van der Waals surface area contributed by atoms with Crippen molar-refractivity contribution in [3.05, 3.63) is 240 Å². The summed E-state index contributed by atoms with van der Waals surface area (Å²) in [6.07, 6.45) is 1.93. The first-order valence-corrected chi connectivity index (χ1v) is 25.8. The topological polar surface area (TPSA) is 33.5 Å². The number of pyridine rings is 1. The minimum atomic E-state index is -0.269. The summed E-state index contributed by atoms with van der Waals surface area (Å²) in [5, 5.41) is 2.33. The average molecular weight is 955 g/mol. The molecule has 0 amide bonds. The van der Waals surface area contributed by atoms with E-state index in [1.54, 1.807) is 0 Å². The maximum absolute atomic E-state index is 7.09. The van der Waals surface area contributed by atoms with Gasteiger partial charge >= 0.3 is 0 Å². The molecule has 0 bridgehead atoms. The van der Waals surface area contributed by atoms with Gasteiger partial charge in [0.25, 0.3) is 0 Å². The van der Waals surface area contributed by atoms with Gasteiger partial charge in [-0.2, -0.15) is 0 Å². The zero-order chi connectivity index (χ0) is 50.9. The lowest BCUT2D eigenvalue weighted by Gasteiger charge is -2.33.